The van der Waals surface area contributed by atoms with E-state index in [1.165, 1.54) is 12.8 Å². The Hall–Kier alpha value is -1.49. The Morgan fingerprint density at radius 2 is 2.18 bits per heavy atom. The second-order valence-corrected chi connectivity index (χ2v) is 4.83. The summed E-state index contributed by atoms with van der Waals surface area (Å²) in [5.41, 5.74) is 0.570. The first kappa shape index (κ1) is 10.7. The predicted molar refractivity (Wildman–Crippen MR) is 68.7 cm³/mol. The summed E-state index contributed by atoms with van der Waals surface area (Å²) >= 11 is 5.27. The standard InChI is InChI=1S/C12H13N3OS/c16-11-9-6-3-7-13-10(9)15(12(17)14-11)8-4-1-2-5-8/h3,6-8H,1-2,4-5H2,(H,14,16,17). The van der Waals surface area contributed by atoms with Crippen LogP contribution in [0.3, 0.4) is 0 Å². The molecule has 0 spiro atoms. The minimum absolute atomic E-state index is 0.146. The summed E-state index contributed by atoms with van der Waals surface area (Å²) in [6.45, 7) is 0. The maximum atomic E-state index is 11.8. The second-order valence-electron chi connectivity index (χ2n) is 4.44. The number of pyridine rings is 1. The molecule has 1 N–H and O–H groups in total. The lowest BCUT2D eigenvalue weighted by Gasteiger charge is -2.16. The highest BCUT2D eigenvalue weighted by Crippen LogP contribution is 2.30. The molecule has 0 atom stereocenters. The Morgan fingerprint density at radius 1 is 1.41 bits per heavy atom. The third-order valence-corrected chi connectivity index (χ3v) is 3.69. The Labute approximate surface area is 103 Å². The van der Waals surface area contributed by atoms with Gasteiger partial charge in [0.15, 0.2) is 4.77 Å². The molecule has 0 aliphatic heterocycles. The molecule has 4 nitrogen and oxygen atoms in total. The fourth-order valence-corrected chi connectivity index (χ4v) is 2.92. The molecule has 2 aromatic rings. The van der Waals surface area contributed by atoms with Crippen LogP contribution in [0.1, 0.15) is 31.7 Å². The van der Waals surface area contributed by atoms with E-state index in [0.717, 1.165) is 12.8 Å². The van der Waals surface area contributed by atoms with Crippen LogP contribution in [-0.2, 0) is 0 Å². The lowest BCUT2D eigenvalue weighted by molar-refractivity contribution is 0.515. The molecule has 88 valence electrons. The van der Waals surface area contributed by atoms with Gasteiger partial charge in [0.05, 0.1) is 5.39 Å². The van der Waals surface area contributed by atoms with Gasteiger partial charge in [-0.25, -0.2) is 4.98 Å². The fourth-order valence-electron chi connectivity index (χ4n) is 2.59. The van der Waals surface area contributed by atoms with Crippen molar-refractivity contribution in [3.63, 3.8) is 0 Å². The van der Waals surface area contributed by atoms with Crippen LogP contribution in [0.2, 0.25) is 0 Å². The van der Waals surface area contributed by atoms with Gasteiger partial charge in [0.25, 0.3) is 5.56 Å². The van der Waals surface area contributed by atoms with Crippen molar-refractivity contribution in [1.82, 2.24) is 14.5 Å². The minimum Gasteiger partial charge on any atom is -0.299 e. The third-order valence-electron chi connectivity index (χ3n) is 3.39. The molecule has 0 saturated heterocycles. The molecule has 0 unspecified atom stereocenters. The van der Waals surface area contributed by atoms with Gasteiger partial charge < -0.3 is 0 Å². The molecule has 1 aliphatic carbocycles. The number of hydrogen-bond donors (Lipinski definition) is 1. The quantitative estimate of drug-likeness (QED) is 0.788. The highest BCUT2D eigenvalue weighted by atomic mass is 32.1. The summed E-state index contributed by atoms with van der Waals surface area (Å²) in [7, 11) is 0. The average molecular weight is 247 g/mol. The van der Waals surface area contributed by atoms with Crippen LogP contribution < -0.4 is 5.56 Å². The molecular formula is C12H13N3OS. The first-order valence-electron chi connectivity index (χ1n) is 5.87. The van der Waals surface area contributed by atoms with Gasteiger partial charge in [-0.1, -0.05) is 12.8 Å². The number of nitrogens with zero attached hydrogens (tertiary/aromatic N) is 2. The van der Waals surface area contributed by atoms with Gasteiger partial charge in [-0.3, -0.25) is 14.3 Å². The molecule has 0 amide bonds. The number of hydrogen-bond acceptors (Lipinski definition) is 3. The number of nitrogens with one attached hydrogen (secondary N) is 1. The van der Waals surface area contributed by atoms with Gasteiger partial charge in [0.1, 0.15) is 5.65 Å². The molecule has 1 fully saturated rings. The minimum atomic E-state index is -0.146. The van der Waals surface area contributed by atoms with Crippen molar-refractivity contribution in [1.29, 1.82) is 0 Å². The van der Waals surface area contributed by atoms with Crippen LogP contribution in [0, 0.1) is 4.77 Å². The number of fused-ring (bicyclic) bond motifs is 1. The highest BCUT2D eigenvalue weighted by Gasteiger charge is 2.20. The molecule has 0 radical (unpaired) electrons. The zero-order valence-corrected chi connectivity index (χ0v) is 10.2. The van der Waals surface area contributed by atoms with Crippen LogP contribution >= 0.6 is 12.2 Å². The predicted octanol–water partition coefficient (Wildman–Crippen LogP) is 2.57. The molecular weight excluding hydrogens is 234 g/mol. The summed E-state index contributed by atoms with van der Waals surface area (Å²) in [5, 5.41) is 0.619. The van der Waals surface area contributed by atoms with Gasteiger partial charge in [-0.05, 0) is 37.2 Å². The molecule has 0 bridgehead atoms. The van der Waals surface area contributed by atoms with Gasteiger partial charge in [-0.15, -0.1) is 0 Å². The average Bonchev–Trinajstić information content (AvgIpc) is 2.83. The maximum absolute atomic E-state index is 11.8. The van der Waals surface area contributed by atoms with E-state index < -0.39 is 0 Å². The van der Waals surface area contributed by atoms with Crippen LogP contribution in [0.25, 0.3) is 11.0 Å². The normalized spacial score (nSPS) is 16.7. The lowest BCUT2D eigenvalue weighted by Crippen LogP contribution is -2.18. The molecule has 1 saturated carbocycles. The zero-order valence-electron chi connectivity index (χ0n) is 9.35. The van der Waals surface area contributed by atoms with E-state index in [4.69, 9.17) is 12.2 Å². The second kappa shape index (κ2) is 4.07. The number of rotatable bonds is 1. The summed E-state index contributed by atoms with van der Waals surface area (Å²) in [5.74, 6) is 0. The van der Waals surface area contributed by atoms with Crippen LogP contribution in [-0.4, -0.2) is 14.5 Å². The Balaban J connectivity index is 2.36. The summed E-state index contributed by atoms with van der Waals surface area (Å²) in [6, 6.07) is 3.96. The Morgan fingerprint density at radius 3 is 2.94 bits per heavy atom. The van der Waals surface area contributed by atoms with Crippen LogP contribution in [0.5, 0.6) is 0 Å². The third kappa shape index (κ3) is 1.70. The summed E-state index contributed by atoms with van der Waals surface area (Å²) < 4.78 is 2.51. The van der Waals surface area contributed by atoms with E-state index in [-0.39, 0.29) is 5.56 Å². The van der Waals surface area contributed by atoms with Crippen LogP contribution in [0.15, 0.2) is 23.1 Å². The largest absolute Gasteiger partial charge is 0.299 e. The molecule has 5 heteroatoms. The molecule has 2 aromatic heterocycles. The number of aromatic amines is 1. The first-order chi connectivity index (χ1) is 8.27. The zero-order chi connectivity index (χ0) is 11.8. The molecule has 1 aliphatic rings. The van der Waals surface area contributed by atoms with E-state index in [1.807, 2.05) is 4.57 Å². The molecule has 17 heavy (non-hydrogen) atoms. The number of H-pyrrole nitrogens is 1. The van der Waals surface area contributed by atoms with Gasteiger partial charge >= 0.3 is 0 Å². The van der Waals surface area contributed by atoms with Crippen molar-refractivity contribution in [2.75, 3.05) is 0 Å². The highest BCUT2D eigenvalue weighted by molar-refractivity contribution is 7.71. The van der Waals surface area contributed by atoms with Gasteiger partial charge in [0, 0.05) is 12.2 Å². The van der Waals surface area contributed by atoms with Crippen molar-refractivity contribution >= 4 is 23.3 Å². The molecule has 2 heterocycles. The van der Waals surface area contributed by atoms with Gasteiger partial charge in [-0.2, -0.15) is 0 Å². The fraction of sp³-hybridized carbons (Fsp3) is 0.417. The summed E-state index contributed by atoms with van der Waals surface area (Å²) in [4.78, 5) is 18.9. The van der Waals surface area contributed by atoms with E-state index in [2.05, 4.69) is 9.97 Å². The van der Waals surface area contributed by atoms with Crippen molar-refractivity contribution in [3.05, 3.63) is 33.5 Å². The van der Waals surface area contributed by atoms with E-state index in [9.17, 15) is 4.79 Å². The van der Waals surface area contributed by atoms with E-state index >= 15 is 0 Å². The smallest absolute Gasteiger partial charge is 0.261 e. The van der Waals surface area contributed by atoms with Crippen molar-refractivity contribution in [2.45, 2.75) is 31.7 Å². The van der Waals surface area contributed by atoms with Crippen molar-refractivity contribution in [2.24, 2.45) is 0 Å². The van der Waals surface area contributed by atoms with Crippen molar-refractivity contribution in [3.8, 4) is 0 Å². The lowest BCUT2D eigenvalue weighted by atomic mass is 10.2. The monoisotopic (exact) mass is 247 g/mol. The number of aromatic nitrogens is 3. The van der Waals surface area contributed by atoms with Crippen molar-refractivity contribution < 1.29 is 0 Å². The maximum Gasteiger partial charge on any atom is 0.261 e. The summed E-state index contributed by atoms with van der Waals surface area (Å²) in [6.07, 6.45) is 6.39. The molecule has 0 aromatic carbocycles. The first-order valence-corrected chi connectivity index (χ1v) is 6.28. The van der Waals surface area contributed by atoms with E-state index in [0.29, 0.717) is 21.8 Å². The van der Waals surface area contributed by atoms with Gasteiger partial charge in [0.2, 0.25) is 0 Å². The SMILES string of the molecule is O=c1[nH]c(=S)n(C2CCCC2)c2ncccc12. The Bertz CT molecular complexity index is 667. The molecule has 3 rings (SSSR count). The van der Waals surface area contributed by atoms with Crippen LogP contribution in [0.4, 0.5) is 0 Å². The van der Waals surface area contributed by atoms with E-state index in [1.54, 1.807) is 18.3 Å². The Kier molecular flexibility index (Phi) is 2.55. The topological polar surface area (TPSA) is 50.7 Å².